The van der Waals surface area contributed by atoms with E-state index in [0.717, 1.165) is 25.9 Å². The number of hydrogen-bond donors (Lipinski definition) is 1. The van der Waals surface area contributed by atoms with E-state index < -0.39 is 0 Å². The second-order valence-corrected chi connectivity index (χ2v) is 5.20. The molecular weight excluding hydrogens is 218 g/mol. The number of amides is 1. The van der Waals surface area contributed by atoms with Gasteiger partial charge >= 0.3 is 0 Å². The lowest BCUT2D eigenvalue weighted by atomic mass is 9.98. The number of hydrogen-bond acceptors (Lipinski definition) is 4. The van der Waals surface area contributed by atoms with Gasteiger partial charge in [0.25, 0.3) is 5.91 Å². The second-order valence-electron chi connectivity index (χ2n) is 5.20. The molecule has 2 heterocycles. The van der Waals surface area contributed by atoms with Gasteiger partial charge in [-0.25, -0.2) is 0 Å². The molecule has 1 saturated carbocycles. The van der Waals surface area contributed by atoms with Gasteiger partial charge in [0.05, 0.1) is 0 Å². The monoisotopic (exact) mass is 235 g/mol. The Kier molecular flexibility index (Phi) is 2.43. The maximum atomic E-state index is 12.2. The lowest BCUT2D eigenvalue weighted by Gasteiger charge is -2.17. The van der Waals surface area contributed by atoms with Crippen molar-refractivity contribution in [1.29, 1.82) is 0 Å². The van der Waals surface area contributed by atoms with Gasteiger partial charge in [0.1, 0.15) is 5.76 Å². The quantitative estimate of drug-likeness (QED) is 0.781. The molecule has 1 aromatic rings. The number of aryl methyl sites for hydroxylation is 1. The number of carbonyl (C=O) groups is 1. The molecule has 2 aliphatic rings. The van der Waals surface area contributed by atoms with Crippen LogP contribution in [0.5, 0.6) is 0 Å². The van der Waals surface area contributed by atoms with Crippen molar-refractivity contribution in [3.8, 4) is 0 Å². The van der Waals surface area contributed by atoms with E-state index in [1.54, 1.807) is 13.0 Å². The third-order valence-corrected chi connectivity index (χ3v) is 4.05. The predicted octanol–water partition coefficient (Wildman–Crippen LogP) is 0.792. The first-order valence-corrected chi connectivity index (χ1v) is 6.13. The van der Waals surface area contributed by atoms with Crippen molar-refractivity contribution < 1.29 is 9.32 Å². The van der Waals surface area contributed by atoms with Crippen LogP contribution >= 0.6 is 0 Å². The maximum Gasteiger partial charge on any atom is 0.276 e. The van der Waals surface area contributed by atoms with Crippen LogP contribution in [0.2, 0.25) is 0 Å². The van der Waals surface area contributed by atoms with Crippen LogP contribution in [0.3, 0.4) is 0 Å². The summed E-state index contributed by atoms with van der Waals surface area (Å²) in [6, 6.07) is 1.95. The van der Waals surface area contributed by atoms with Crippen molar-refractivity contribution in [3.63, 3.8) is 0 Å². The SMILES string of the molecule is Cc1cc(C(=O)N2C[C@@H]3CC[C@H](N)[C@@H]3C2)no1. The number of fused-ring (bicyclic) bond motifs is 1. The van der Waals surface area contributed by atoms with Crippen molar-refractivity contribution in [2.45, 2.75) is 25.8 Å². The minimum atomic E-state index is -0.0246. The molecule has 5 heteroatoms. The summed E-state index contributed by atoms with van der Waals surface area (Å²) >= 11 is 0. The van der Waals surface area contributed by atoms with Crippen LogP contribution in [0, 0.1) is 18.8 Å². The highest BCUT2D eigenvalue weighted by molar-refractivity contribution is 5.92. The lowest BCUT2D eigenvalue weighted by Crippen LogP contribution is -2.33. The van der Waals surface area contributed by atoms with E-state index >= 15 is 0 Å². The van der Waals surface area contributed by atoms with Crippen molar-refractivity contribution in [2.75, 3.05) is 13.1 Å². The number of rotatable bonds is 1. The summed E-state index contributed by atoms with van der Waals surface area (Å²) < 4.78 is 4.94. The molecule has 0 aromatic carbocycles. The van der Waals surface area contributed by atoms with Gasteiger partial charge in [-0.2, -0.15) is 0 Å². The normalized spacial score (nSPS) is 31.9. The van der Waals surface area contributed by atoms with Crippen LogP contribution in [0.15, 0.2) is 10.6 Å². The van der Waals surface area contributed by atoms with Gasteiger partial charge in [0.15, 0.2) is 5.69 Å². The minimum absolute atomic E-state index is 0.0246. The Morgan fingerprint density at radius 3 is 3.00 bits per heavy atom. The smallest absolute Gasteiger partial charge is 0.276 e. The van der Waals surface area contributed by atoms with Gasteiger partial charge in [-0.1, -0.05) is 5.16 Å². The van der Waals surface area contributed by atoms with E-state index in [1.807, 2.05) is 4.90 Å². The fourth-order valence-corrected chi connectivity index (χ4v) is 3.10. The summed E-state index contributed by atoms with van der Waals surface area (Å²) in [5.41, 5.74) is 6.47. The van der Waals surface area contributed by atoms with Crippen LogP contribution in [0.4, 0.5) is 0 Å². The van der Waals surface area contributed by atoms with Gasteiger partial charge in [0, 0.05) is 25.2 Å². The maximum absolute atomic E-state index is 12.2. The molecule has 2 fully saturated rings. The Bertz CT molecular complexity index is 443. The predicted molar refractivity (Wildman–Crippen MR) is 61.3 cm³/mol. The molecule has 3 atom stereocenters. The van der Waals surface area contributed by atoms with Crippen LogP contribution < -0.4 is 5.73 Å². The fraction of sp³-hybridized carbons (Fsp3) is 0.667. The first-order valence-electron chi connectivity index (χ1n) is 6.13. The van der Waals surface area contributed by atoms with E-state index in [1.165, 1.54) is 0 Å². The van der Waals surface area contributed by atoms with E-state index in [4.69, 9.17) is 10.3 Å². The number of carbonyl (C=O) groups excluding carboxylic acids is 1. The molecule has 5 nitrogen and oxygen atoms in total. The van der Waals surface area contributed by atoms with Gasteiger partial charge in [-0.05, 0) is 31.6 Å². The molecule has 2 N–H and O–H groups in total. The van der Waals surface area contributed by atoms with Crippen molar-refractivity contribution in [1.82, 2.24) is 10.1 Å². The van der Waals surface area contributed by atoms with E-state index in [9.17, 15) is 4.79 Å². The molecular formula is C12H17N3O2. The Morgan fingerprint density at radius 2 is 2.35 bits per heavy atom. The highest BCUT2D eigenvalue weighted by Crippen LogP contribution is 2.37. The summed E-state index contributed by atoms with van der Waals surface area (Å²) in [4.78, 5) is 14.0. The molecule has 0 spiro atoms. The van der Waals surface area contributed by atoms with Crippen molar-refractivity contribution in [3.05, 3.63) is 17.5 Å². The van der Waals surface area contributed by atoms with Crippen LogP contribution in [0.25, 0.3) is 0 Å². The van der Waals surface area contributed by atoms with E-state index in [2.05, 4.69) is 5.16 Å². The van der Waals surface area contributed by atoms with Crippen molar-refractivity contribution >= 4 is 5.91 Å². The Labute approximate surface area is 99.9 Å². The molecule has 1 aliphatic heterocycles. The zero-order valence-corrected chi connectivity index (χ0v) is 9.93. The van der Waals surface area contributed by atoms with Gasteiger partial charge in [-0.15, -0.1) is 0 Å². The van der Waals surface area contributed by atoms with Gasteiger partial charge < -0.3 is 15.2 Å². The molecule has 0 bridgehead atoms. The average molecular weight is 235 g/mol. The fourth-order valence-electron chi connectivity index (χ4n) is 3.10. The molecule has 1 aromatic heterocycles. The molecule has 0 radical (unpaired) electrons. The van der Waals surface area contributed by atoms with Crippen LogP contribution in [-0.2, 0) is 0 Å². The Hall–Kier alpha value is -1.36. The summed E-state index contributed by atoms with van der Waals surface area (Å²) in [5, 5.41) is 3.78. The first-order chi connectivity index (χ1) is 8.15. The largest absolute Gasteiger partial charge is 0.361 e. The van der Waals surface area contributed by atoms with E-state index in [-0.39, 0.29) is 11.9 Å². The average Bonchev–Trinajstić information content (AvgIpc) is 2.96. The Balaban J connectivity index is 1.73. The lowest BCUT2D eigenvalue weighted by molar-refractivity contribution is 0.0769. The van der Waals surface area contributed by atoms with Crippen molar-refractivity contribution in [2.24, 2.45) is 17.6 Å². The summed E-state index contributed by atoms with van der Waals surface area (Å²) in [6.45, 7) is 3.39. The Morgan fingerprint density at radius 1 is 1.53 bits per heavy atom. The minimum Gasteiger partial charge on any atom is -0.361 e. The standard InChI is InChI=1S/C12H17N3O2/c1-7-4-11(14-17-7)12(16)15-5-8-2-3-10(13)9(8)6-15/h4,8-10H,2-3,5-6,13H2,1H3/t8-,9+,10-/m0/s1. The zero-order valence-electron chi connectivity index (χ0n) is 9.93. The summed E-state index contributed by atoms with van der Waals surface area (Å²) in [5.74, 6) is 1.71. The third kappa shape index (κ3) is 1.74. The number of aromatic nitrogens is 1. The highest BCUT2D eigenvalue weighted by atomic mass is 16.5. The van der Waals surface area contributed by atoms with Crippen LogP contribution in [-0.4, -0.2) is 35.1 Å². The summed E-state index contributed by atoms with van der Waals surface area (Å²) in [7, 11) is 0. The molecule has 1 saturated heterocycles. The third-order valence-electron chi connectivity index (χ3n) is 4.05. The molecule has 17 heavy (non-hydrogen) atoms. The first kappa shape index (κ1) is 10.8. The zero-order chi connectivity index (χ0) is 12.0. The van der Waals surface area contributed by atoms with Gasteiger partial charge in [-0.3, -0.25) is 4.79 Å². The number of nitrogens with two attached hydrogens (primary N) is 1. The topological polar surface area (TPSA) is 72.4 Å². The summed E-state index contributed by atoms with van der Waals surface area (Å²) in [6.07, 6.45) is 2.24. The number of likely N-dealkylation sites (tertiary alicyclic amines) is 1. The molecule has 1 aliphatic carbocycles. The van der Waals surface area contributed by atoms with Crippen LogP contribution in [0.1, 0.15) is 29.1 Å². The number of nitrogens with zero attached hydrogens (tertiary/aromatic N) is 2. The molecule has 0 unspecified atom stereocenters. The van der Waals surface area contributed by atoms with E-state index in [0.29, 0.717) is 23.3 Å². The molecule has 3 rings (SSSR count). The molecule has 92 valence electrons. The molecule has 1 amide bonds. The highest BCUT2D eigenvalue weighted by Gasteiger charge is 2.42. The second kappa shape index (κ2) is 3.84. The van der Waals surface area contributed by atoms with Gasteiger partial charge in [0.2, 0.25) is 0 Å².